The first-order valence-electron chi connectivity index (χ1n) is 11.1. The monoisotopic (exact) mass is 366 g/mol. The summed E-state index contributed by atoms with van der Waals surface area (Å²) in [5.41, 5.74) is 4.97. The van der Waals surface area contributed by atoms with Gasteiger partial charge in [-0.2, -0.15) is 0 Å². The standard InChI is InChI=1S/C15H20.C7H8.C3H8.C2H6/c1-12-2-4-13(5-3-12)10-15-8-6-14(11-15)7-9-15;1-7-5-3-2-4-6-7;1-3-2;1-2/h2-5,14H,6-11H2,1H3;2-6H,1H3;3H2,1-2H3;1-2H3. The summed E-state index contributed by atoms with van der Waals surface area (Å²) in [6, 6.07) is 19.4. The van der Waals surface area contributed by atoms with Crippen LogP contribution < -0.4 is 0 Å². The summed E-state index contributed by atoms with van der Waals surface area (Å²) < 4.78 is 0. The molecule has 0 atom stereocenters. The molecule has 27 heavy (non-hydrogen) atoms. The van der Waals surface area contributed by atoms with Crippen molar-refractivity contribution in [2.45, 2.75) is 86.5 Å². The van der Waals surface area contributed by atoms with Crippen LogP contribution in [0.3, 0.4) is 0 Å². The van der Waals surface area contributed by atoms with E-state index in [9.17, 15) is 0 Å². The molecule has 2 saturated carbocycles. The molecule has 2 bridgehead atoms. The Balaban J connectivity index is 0.000000255. The van der Waals surface area contributed by atoms with Gasteiger partial charge in [0, 0.05) is 0 Å². The number of benzene rings is 2. The first-order chi connectivity index (χ1) is 13.1. The van der Waals surface area contributed by atoms with Gasteiger partial charge in [0.25, 0.3) is 0 Å². The number of aryl methyl sites for hydroxylation is 2. The van der Waals surface area contributed by atoms with Crippen molar-refractivity contribution < 1.29 is 0 Å². The highest BCUT2D eigenvalue weighted by molar-refractivity contribution is 5.23. The minimum atomic E-state index is 0.708. The van der Waals surface area contributed by atoms with E-state index < -0.39 is 0 Å². The third-order valence-corrected chi connectivity index (χ3v) is 5.53. The molecule has 2 aromatic carbocycles. The van der Waals surface area contributed by atoms with Crippen LogP contribution in [0, 0.1) is 25.2 Å². The summed E-state index contributed by atoms with van der Waals surface area (Å²) in [4.78, 5) is 0. The Labute approximate surface area is 169 Å². The highest BCUT2D eigenvalue weighted by Crippen LogP contribution is 2.55. The first-order valence-corrected chi connectivity index (χ1v) is 11.1. The Kier molecular flexibility index (Phi) is 11.1. The molecule has 2 aromatic rings. The van der Waals surface area contributed by atoms with Crippen molar-refractivity contribution in [1.29, 1.82) is 0 Å². The molecule has 2 fully saturated rings. The summed E-state index contributed by atoms with van der Waals surface area (Å²) in [5.74, 6) is 1.08. The number of hydrogen-bond acceptors (Lipinski definition) is 0. The van der Waals surface area contributed by atoms with Crippen LogP contribution in [0.4, 0.5) is 0 Å². The van der Waals surface area contributed by atoms with Crippen LogP contribution in [0.15, 0.2) is 54.6 Å². The Morgan fingerprint density at radius 2 is 1.26 bits per heavy atom. The van der Waals surface area contributed by atoms with Crippen molar-refractivity contribution >= 4 is 0 Å². The Hall–Kier alpha value is -1.56. The molecule has 0 spiro atoms. The lowest BCUT2D eigenvalue weighted by molar-refractivity contribution is 0.293. The van der Waals surface area contributed by atoms with Crippen molar-refractivity contribution in [2.24, 2.45) is 11.3 Å². The topological polar surface area (TPSA) is 0 Å². The molecular weight excluding hydrogens is 324 g/mol. The quantitative estimate of drug-likeness (QED) is 0.499. The van der Waals surface area contributed by atoms with E-state index in [0.29, 0.717) is 5.41 Å². The average molecular weight is 367 g/mol. The van der Waals surface area contributed by atoms with Crippen LogP contribution >= 0.6 is 0 Å². The summed E-state index contributed by atoms with van der Waals surface area (Å²) in [7, 11) is 0. The number of hydrogen-bond donors (Lipinski definition) is 0. The smallest absolute Gasteiger partial charge is 0.0222 e. The van der Waals surface area contributed by atoms with Gasteiger partial charge in [0.05, 0.1) is 0 Å². The molecule has 0 unspecified atom stereocenters. The largest absolute Gasteiger partial charge is 0.0683 e. The maximum absolute atomic E-state index is 2.33. The Bertz CT molecular complexity index is 586. The first kappa shape index (κ1) is 23.5. The van der Waals surface area contributed by atoms with Crippen molar-refractivity contribution in [3.05, 3.63) is 71.3 Å². The van der Waals surface area contributed by atoms with Crippen LogP contribution in [0.5, 0.6) is 0 Å². The number of rotatable bonds is 2. The highest BCUT2D eigenvalue weighted by Gasteiger charge is 2.44. The van der Waals surface area contributed by atoms with E-state index in [4.69, 9.17) is 0 Å². The Morgan fingerprint density at radius 1 is 0.778 bits per heavy atom. The number of fused-ring (bicyclic) bond motifs is 2. The molecule has 4 rings (SSSR count). The predicted molar refractivity (Wildman–Crippen MR) is 122 cm³/mol. The third kappa shape index (κ3) is 8.33. The fourth-order valence-electron chi connectivity index (χ4n) is 4.23. The molecule has 0 amide bonds. The van der Waals surface area contributed by atoms with Gasteiger partial charge in [0.2, 0.25) is 0 Å². The van der Waals surface area contributed by atoms with Crippen molar-refractivity contribution in [3.63, 3.8) is 0 Å². The lowest BCUT2D eigenvalue weighted by atomic mass is 9.79. The minimum Gasteiger partial charge on any atom is -0.0683 e. The molecule has 0 nitrogen and oxygen atoms in total. The zero-order valence-electron chi connectivity index (χ0n) is 18.7. The van der Waals surface area contributed by atoms with Gasteiger partial charge in [-0.1, -0.05) is 99.8 Å². The van der Waals surface area contributed by atoms with Crippen molar-refractivity contribution in [3.8, 4) is 0 Å². The normalized spacial score (nSPS) is 21.8. The lowest BCUT2D eigenvalue weighted by Crippen LogP contribution is -2.17. The Morgan fingerprint density at radius 3 is 1.63 bits per heavy atom. The van der Waals surface area contributed by atoms with Crippen LogP contribution in [-0.2, 0) is 6.42 Å². The van der Waals surface area contributed by atoms with Gasteiger partial charge in [-0.15, -0.1) is 0 Å². The van der Waals surface area contributed by atoms with E-state index in [1.807, 2.05) is 32.0 Å². The average Bonchev–Trinajstić information content (AvgIpc) is 3.28. The molecule has 0 heterocycles. The van der Waals surface area contributed by atoms with Crippen LogP contribution in [-0.4, -0.2) is 0 Å². The maximum Gasteiger partial charge on any atom is -0.0222 e. The van der Waals surface area contributed by atoms with Gasteiger partial charge in [0.1, 0.15) is 0 Å². The molecule has 0 aliphatic heterocycles. The van der Waals surface area contributed by atoms with Gasteiger partial charge >= 0.3 is 0 Å². The molecule has 0 heteroatoms. The zero-order chi connectivity index (χ0) is 20.1. The van der Waals surface area contributed by atoms with Crippen LogP contribution in [0.1, 0.15) is 82.9 Å². The summed E-state index contributed by atoms with van der Waals surface area (Å²) >= 11 is 0. The second-order valence-corrected chi connectivity index (χ2v) is 8.17. The fourth-order valence-corrected chi connectivity index (χ4v) is 4.23. The minimum absolute atomic E-state index is 0.708. The van der Waals surface area contributed by atoms with Gasteiger partial charge in [-0.25, -0.2) is 0 Å². The van der Waals surface area contributed by atoms with E-state index in [1.165, 1.54) is 56.1 Å². The van der Waals surface area contributed by atoms with Gasteiger partial charge in [0.15, 0.2) is 0 Å². The van der Waals surface area contributed by atoms with Gasteiger partial charge in [-0.3, -0.25) is 0 Å². The summed E-state index contributed by atoms with van der Waals surface area (Å²) in [6.07, 6.45) is 10.1. The van der Waals surface area contributed by atoms with Gasteiger partial charge in [-0.05, 0) is 69.3 Å². The van der Waals surface area contributed by atoms with Crippen molar-refractivity contribution in [2.75, 3.05) is 0 Å². The molecular formula is C27H42. The molecule has 0 aromatic heterocycles. The van der Waals surface area contributed by atoms with Crippen molar-refractivity contribution in [1.82, 2.24) is 0 Å². The van der Waals surface area contributed by atoms with Gasteiger partial charge < -0.3 is 0 Å². The fraction of sp³-hybridized carbons (Fsp3) is 0.556. The second-order valence-electron chi connectivity index (χ2n) is 8.17. The second kappa shape index (κ2) is 12.8. The van der Waals surface area contributed by atoms with E-state index in [0.717, 1.165) is 5.92 Å². The maximum atomic E-state index is 2.33. The molecule has 2 aliphatic carbocycles. The van der Waals surface area contributed by atoms with E-state index >= 15 is 0 Å². The van der Waals surface area contributed by atoms with Crippen LogP contribution in [0.25, 0.3) is 0 Å². The van der Waals surface area contributed by atoms with E-state index in [2.05, 4.69) is 64.1 Å². The lowest BCUT2D eigenvalue weighted by Gasteiger charge is -2.26. The predicted octanol–water partition coefficient (Wildman–Crippen LogP) is 8.56. The SMILES string of the molecule is CC.CCC.Cc1ccc(CC23CCC(CC2)C3)cc1.Cc1ccccc1. The van der Waals surface area contributed by atoms with E-state index in [-0.39, 0.29) is 0 Å². The molecule has 2 aliphatic rings. The molecule has 0 N–H and O–H groups in total. The summed E-state index contributed by atoms with van der Waals surface area (Å²) in [6.45, 7) is 12.5. The zero-order valence-corrected chi connectivity index (χ0v) is 18.7. The summed E-state index contributed by atoms with van der Waals surface area (Å²) in [5, 5.41) is 0. The molecule has 0 radical (unpaired) electrons. The molecule has 150 valence electrons. The van der Waals surface area contributed by atoms with E-state index in [1.54, 1.807) is 5.56 Å². The highest BCUT2D eigenvalue weighted by atomic mass is 14.5. The van der Waals surface area contributed by atoms with Crippen LogP contribution in [0.2, 0.25) is 0 Å². The third-order valence-electron chi connectivity index (χ3n) is 5.53. The molecule has 0 saturated heterocycles.